The minimum absolute atomic E-state index is 0.447. The van der Waals surface area contributed by atoms with Crippen LogP contribution in [-0.2, 0) is 6.54 Å². The van der Waals surface area contributed by atoms with Crippen LogP contribution in [0.4, 0.5) is 5.82 Å². The highest BCUT2D eigenvalue weighted by molar-refractivity contribution is 5.41. The lowest BCUT2D eigenvalue weighted by Gasteiger charge is -2.10. The SMILES string of the molecule is C#CCn1c(C)nc(C(CC)CC)c1N. The Kier molecular flexibility index (Phi) is 3.79. The number of terminal acetylenes is 1. The summed E-state index contributed by atoms with van der Waals surface area (Å²) in [6.07, 6.45) is 7.42. The highest BCUT2D eigenvalue weighted by Crippen LogP contribution is 2.27. The number of imidazole rings is 1. The van der Waals surface area contributed by atoms with Gasteiger partial charge in [0, 0.05) is 5.92 Å². The van der Waals surface area contributed by atoms with Crippen LogP contribution < -0.4 is 5.73 Å². The number of nitrogens with two attached hydrogens (primary N) is 1. The molecule has 3 heteroatoms. The van der Waals surface area contributed by atoms with E-state index in [1.165, 1.54) is 0 Å². The average Bonchev–Trinajstić information content (AvgIpc) is 2.49. The van der Waals surface area contributed by atoms with Crippen molar-refractivity contribution in [3.05, 3.63) is 11.5 Å². The van der Waals surface area contributed by atoms with Crippen LogP contribution in [0.1, 0.15) is 44.1 Å². The first-order valence-corrected chi connectivity index (χ1v) is 5.41. The van der Waals surface area contributed by atoms with Gasteiger partial charge in [0.2, 0.25) is 0 Å². The second-order valence-corrected chi connectivity index (χ2v) is 3.73. The van der Waals surface area contributed by atoms with Crippen molar-refractivity contribution in [2.75, 3.05) is 5.73 Å². The largest absolute Gasteiger partial charge is 0.384 e. The minimum atomic E-state index is 0.447. The summed E-state index contributed by atoms with van der Waals surface area (Å²) in [7, 11) is 0. The molecular weight excluding hydrogens is 186 g/mol. The smallest absolute Gasteiger partial charge is 0.127 e. The summed E-state index contributed by atoms with van der Waals surface area (Å²) < 4.78 is 1.90. The number of aryl methyl sites for hydroxylation is 1. The molecule has 15 heavy (non-hydrogen) atoms. The quantitative estimate of drug-likeness (QED) is 0.766. The van der Waals surface area contributed by atoms with Gasteiger partial charge in [0.1, 0.15) is 11.6 Å². The molecule has 82 valence electrons. The van der Waals surface area contributed by atoms with Crippen molar-refractivity contribution >= 4 is 5.82 Å². The van der Waals surface area contributed by atoms with Gasteiger partial charge in [-0.2, -0.15) is 0 Å². The number of rotatable bonds is 4. The van der Waals surface area contributed by atoms with E-state index in [1.807, 2.05) is 11.5 Å². The molecule has 1 aromatic heterocycles. The number of nitrogen functional groups attached to an aromatic ring is 1. The van der Waals surface area contributed by atoms with Gasteiger partial charge in [0.15, 0.2) is 0 Å². The Morgan fingerprint density at radius 3 is 2.53 bits per heavy atom. The number of hydrogen-bond donors (Lipinski definition) is 1. The second kappa shape index (κ2) is 4.88. The zero-order valence-corrected chi connectivity index (χ0v) is 9.75. The number of nitrogens with zero attached hydrogens (tertiary/aromatic N) is 2. The van der Waals surface area contributed by atoms with Crippen LogP contribution in [0.5, 0.6) is 0 Å². The molecule has 0 amide bonds. The zero-order chi connectivity index (χ0) is 11.4. The molecule has 0 saturated heterocycles. The summed E-state index contributed by atoms with van der Waals surface area (Å²) in [5.41, 5.74) is 7.05. The maximum Gasteiger partial charge on any atom is 0.127 e. The standard InChI is InChI=1S/C12H19N3/c1-5-8-15-9(4)14-11(12(15)13)10(6-2)7-3/h1,10H,6-8,13H2,2-4H3. The molecule has 0 radical (unpaired) electrons. The van der Waals surface area contributed by atoms with Crippen LogP contribution in [-0.4, -0.2) is 9.55 Å². The predicted octanol–water partition coefficient (Wildman–Crippen LogP) is 2.31. The molecule has 0 spiro atoms. The van der Waals surface area contributed by atoms with Gasteiger partial charge >= 0.3 is 0 Å². The molecule has 0 aliphatic carbocycles. The van der Waals surface area contributed by atoms with Crippen molar-refractivity contribution in [3.63, 3.8) is 0 Å². The molecule has 0 saturated carbocycles. The lowest BCUT2D eigenvalue weighted by Crippen LogP contribution is -2.06. The summed E-state index contributed by atoms with van der Waals surface area (Å²) in [5, 5.41) is 0. The van der Waals surface area contributed by atoms with Crippen LogP contribution in [0.2, 0.25) is 0 Å². The first-order chi connectivity index (χ1) is 7.15. The van der Waals surface area contributed by atoms with Crippen molar-refractivity contribution < 1.29 is 0 Å². The summed E-state index contributed by atoms with van der Waals surface area (Å²) >= 11 is 0. The molecule has 0 aliphatic heterocycles. The minimum Gasteiger partial charge on any atom is -0.384 e. The molecule has 0 bridgehead atoms. The van der Waals surface area contributed by atoms with E-state index in [0.717, 1.165) is 30.2 Å². The molecule has 0 aromatic carbocycles. The maximum atomic E-state index is 6.05. The molecule has 3 nitrogen and oxygen atoms in total. The fourth-order valence-electron chi connectivity index (χ4n) is 1.87. The molecule has 0 fully saturated rings. The number of anilines is 1. The highest BCUT2D eigenvalue weighted by Gasteiger charge is 2.17. The molecular formula is C12H19N3. The topological polar surface area (TPSA) is 43.8 Å². The predicted molar refractivity (Wildman–Crippen MR) is 63.5 cm³/mol. The molecule has 0 unspecified atom stereocenters. The van der Waals surface area contributed by atoms with Gasteiger partial charge in [-0.15, -0.1) is 6.42 Å². The van der Waals surface area contributed by atoms with E-state index in [4.69, 9.17) is 12.2 Å². The van der Waals surface area contributed by atoms with Crippen molar-refractivity contribution in [2.45, 2.75) is 46.1 Å². The van der Waals surface area contributed by atoms with Gasteiger partial charge in [-0.1, -0.05) is 19.8 Å². The highest BCUT2D eigenvalue weighted by atomic mass is 15.1. The van der Waals surface area contributed by atoms with Gasteiger partial charge in [-0.25, -0.2) is 4.98 Å². The molecule has 1 heterocycles. The summed E-state index contributed by atoms with van der Waals surface area (Å²) in [6, 6.07) is 0. The molecule has 0 aliphatic rings. The Balaban J connectivity index is 3.11. The Morgan fingerprint density at radius 2 is 2.07 bits per heavy atom. The molecule has 2 N–H and O–H groups in total. The third kappa shape index (κ3) is 2.15. The van der Waals surface area contributed by atoms with Crippen LogP contribution >= 0.6 is 0 Å². The van der Waals surface area contributed by atoms with Gasteiger partial charge < -0.3 is 10.3 Å². The van der Waals surface area contributed by atoms with E-state index in [2.05, 4.69) is 24.8 Å². The van der Waals surface area contributed by atoms with Gasteiger partial charge in [-0.05, 0) is 19.8 Å². The summed E-state index contributed by atoms with van der Waals surface area (Å²) in [6.45, 7) is 6.76. The number of hydrogen-bond acceptors (Lipinski definition) is 2. The maximum absolute atomic E-state index is 6.05. The lowest BCUT2D eigenvalue weighted by atomic mass is 9.99. The summed E-state index contributed by atoms with van der Waals surface area (Å²) in [4.78, 5) is 4.51. The first-order valence-electron chi connectivity index (χ1n) is 5.41. The Bertz CT molecular complexity index is 367. The fourth-order valence-corrected chi connectivity index (χ4v) is 1.87. The van der Waals surface area contributed by atoms with Crippen molar-refractivity contribution in [1.29, 1.82) is 0 Å². The molecule has 0 atom stereocenters. The normalized spacial score (nSPS) is 10.6. The van der Waals surface area contributed by atoms with Crippen LogP contribution in [0, 0.1) is 19.3 Å². The van der Waals surface area contributed by atoms with Gasteiger partial charge in [0.05, 0.1) is 12.2 Å². The van der Waals surface area contributed by atoms with Gasteiger partial charge in [-0.3, -0.25) is 0 Å². The first kappa shape index (κ1) is 11.6. The van der Waals surface area contributed by atoms with E-state index in [9.17, 15) is 0 Å². The fraction of sp³-hybridized carbons (Fsp3) is 0.583. The summed E-state index contributed by atoms with van der Waals surface area (Å²) in [5.74, 6) is 4.69. The van der Waals surface area contributed by atoms with E-state index < -0.39 is 0 Å². The van der Waals surface area contributed by atoms with E-state index in [1.54, 1.807) is 0 Å². The number of aromatic nitrogens is 2. The monoisotopic (exact) mass is 205 g/mol. The Hall–Kier alpha value is -1.43. The lowest BCUT2D eigenvalue weighted by molar-refractivity contribution is 0.627. The Morgan fingerprint density at radius 1 is 1.47 bits per heavy atom. The van der Waals surface area contributed by atoms with Crippen molar-refractivity contribution in [1.82, 2.24) is 9.55 Å². The zero-order valence-electron chi connectivity index (χ0n) is 9.75. The van der Waals surface area contributed by atoms with Gasteiger partial charge in [0.25, 0.3) is 0 Å². The van der Waals surface area contributed by atoms with Crippen LogP contribution in [0.25, 0.3) is 0 Å². The van der Waals surface area contributed by atoms with Crippen LogP contribution in [0.3, 0.4) is 0 Å². The Labute approximate surface area is 91.7 Å². The third-order valence-electron chi connectivity index (χ3n) is 2.85. The van der Waals surface area contributed by atoms with E-state index >= 15 is 0 Å². The average molecular weight is 205 g/mol. The van der Waals surface area contributed by atoms with Crippen LogP contribution in [0.15, 0.2) is 0 Å². The third-order valence-corrected chi connectivity index (χ3v) is 2.85. The molecule has 1 aromatic rings. The second-order valence-electron chi connectivity index (χ2n) is 3.73. The van der Waals surface area contributed by atoms with Crippen molar-refractivity contribution in [2.24, 2.45) is 0 Å². The van der Waals surface area contributed by atoms with E-state index in [-0.39, 0.29) is 0 Å². The van der Waals surface area contributed by atoms with E-state index in [0.29, 0.717) is 12.5 Å². The molecule has 1 rings (SSSR count). The van der Waals surface area contributed by atoms with Crippen molar-refractivity contribution in [3.8, 4) is 12.3 Å².